The van der Waals surface area contributed by atoms with E-state index in [-0.39, 0.29) is 5.91 Å². The Bertz CT molecular complexity index is 917. The van der Waals surface area contributed by atoms with E-state index >= 15 is 0 Å². The summed E-state index contributed by atoms with van der Waals surface area (Å²) in [7, 11) is 4.27. The Kier molecular flexibility index (Phi) is 5.12. The molecule has 0 spiro atoms. The molecule has 1 aliphatic rings. The Balaban J connectivity index is 1.38. The van der Waals surface area contributed by atoms with Crippen molar-refractivity contribution in [2.45, 2.75) is 12.5 Å². The molecule has 4 rings (SSSR count). The van der Waals surface area contributed by atoms with Crippen LogP contribution in [0.3, 0.4) is 0 Å². The predicted molar refractivity (Wildman–Crippen MR) is 113 cm³/mol. The second-order valence-electron chi connectivity index (χ2n) is 7.39. The van der Waals surface area contributed by atoms with Crippen LogP contribution in [0.4, 0.5) is 11.4 Å². The molecule has 1 unspecified atom stereocenters. The molecule has 1 atom stereocenters. The van der Waals surface area contributed by atoms with Crippen LogP contribution in [0.1, 0.15) is 16.8 Å². The number of aromatic amines is 1. The summed E-state index contributed by atoms with van der Waals surface area (Å²) in [6, 6.07) is 18.0. The minimum atomic E-state index is -0.116. The number of carbonyl (C=O) groups is 1. The zero-order valence-corrected chi connectivity index (χ0v) is 16.2. The second-order valence-corrected chi connectivity index (χ2v) is 7.39. The molecule has 6 heteroatoms. The van der Waals surface area contributed by atoms with Gasteiger partial charge in [-0.15, -0.1) is 0 Å². The first-order valence-corrected chi connectivity index (χ1v) is 9.53. The van der Waals surface area contributed by atoms with E-state index in [9.17, 15) is 4.79 Å². The topological polar surface area (TPSA) is 64.3 Å². The number of carbonyl (C=O) groups excluding carboxylic acids is 1. The zero-order valence-electron chi connectivity index (χ0n) is 16.2. The van der Waals surface area contributed by atoms with Crippen LogP contribution in [0.2, 0.25) is 0 Å². The first-order chi connectivity index (χ1) is 13.6. The van der Waals surface area contributed by atoms with Gasteiger partial charge < -0.3 is 15.1 Å². The number of anilines is 2. The van der Waals surface area contributed by atoms with Gasteiger partial charge in [0.2, 0.25) is 0 Å². The molecule has 2 N–H and O–H groups in total. The van der Waals surface area contributed by atoms with Crippen molar-refractivity contribution in [1.82, 2.24) is 15.1 Å². The van der Waals surface area contributed by atoms with Gasteiger partial charge in [0, 0.05) is 47.8 Å². The molecule has 2 aromatic carbocycles. The minimum absolute atomic E-state index is 0.116. The normalized spacial score (nSPS) is 16.5. The molecule has 2 heterocycles. The highest BCUT2D eigenvalue weighted by atomic mass is 16.1. The summed E-state index contributed by atoms with van der Waals surface area (Å²) >= 11 is 0. The highest BCUT2D eigenvalue weighted by Crippen LogP contribution is 2.24. The van der Waals surface area contributed by atoms with Gasteiger partial charge in [-0.3, -0.25) is 9.89 Å². The molecule has 6 nitrogen and oxygen atoms in total. The largest absolute Gasteiger partial charge is 0.370 e. The summed E-state index contributed by atoms with van der Waals surface area (Å²) in [5.74, 6) is -0.116. The zero-order chi connectivity index (χ0) is 19.5. The van der Waals surface area contributed by atoms with Crippen LogP contribution in [0.25, 0.3) is 11.3 Å². The van der Waals surface area contributed by atoms with Crippen molar-refractivity contribution in [1.29, 1.82) is 0 Å². The summed E-state index contributed by atoms with van der Waals surface area (Å²) < 4.78 is 0. The summed E-state index contributed by atoms with van der Waals surface area (Å²) in [6.07, 6.45) is 2.96. The fourth-order valence-electron chi connectivity index (χ4n) is 3.57. The van der Waals surface area contributed by atoms with E-state index in [1.54, 1.807) is 6.20 Å². The standard InChI is InChI=1S/C22H25N5O/c1-26(2)20-12-14-27(15-20)19-9-7-18(8-10-19)24-22(28)17-5-3-16(4-6-17)21-11-13-23-25-21/h3-11,13,20H,12,14-15H2,1-2H3,(H,23,25)(H,24,28). The number of hydrogen-bond acceptors (Lipinski definition) is 4. The van der Waals surface area contributed by atoms with Crippen molar-refractivity contribution in [3.63, 3.8) is 0 Å². The summed E-state index contributed by atoms with van der Waals surface area (Å²) in [5.41, 5.74) is 4.46. The van der Waals surface area contributed by atoms with Crippen LogP contribution in [0.5, 0.6) is 0 Å². The summed E-state index contributed by atoms with van der Waals surface area (Å²) in [4.78, 5) is 17.2. The van der Waals surface area contributed by atoms with E-state index < -0.39 is 0 Å². The van der Waals surface area contributed by atoms with Crippen molar-refractivity contribution in [3.05, 3.63) is 66.4 Å². The fourth-order valence-corrected chi connectivity index (χ4v) is 3.57. The lowest BCUT2D eigenvalue weighted by atomic mass is 10.1. The van der Waals surface area contributed by atoms with Crippen molar-refractivity contribution in [3.8, 4) is 11.3 Å². The number of aromatic nitrogens is 2. The Labute approximate surface area is 165 Å². The van der Waals surface area contributed by atoms with Crippen molar-refractivity contribution in [2.75, 3.05) is 37.4 Å². The molecule has 144 valence electrons. The first kappa shape index (κ1) is 18.3. The number of rotatable bonds is 5. The van der Waals surface area contributed by atoms with E-state index in [0.717, 1.165) is 30.0 Å². The molecule has 1 amide bonds. The maximum atomic E-state index is 12.5. The van der Waals surface area contributed by atoms with E-state index in [4.69, 9.17) is 0 Å². The molecule has 0 radical (unpaired) electrons. The Morgan fingerprint density at radius 2 is 1.86 bits per heavy atom. The molecular formula is C22H25N5O. The minimum Gasteiger partial charge on any atom is -0.370 e. The number of benzene rings is 2. The van der Waals surface area contributed by atoms with Gasteiger partial charge in [0.15, 0.2) is 0 Å². The Hall–Kier alpha value is -3.12. The van der Waals surface area contributed by atoms with Gasteiger partial charge in [-0.1, -0.05) is 12.1 Å². The second kappa shape index (κ2) is 7.86. The third-order valence-electron chi connectivity index (χ3n) is 5.33. The first-order valence-electron chi connectivity index (χ1n) is 9.53. The monoisotopic (exact) mass is 375 g/mol. The third kappa shape index (κ3) is 3.92. The lowest BCUT2D eigenvalue weighted by Gasteiger charge is -2.22. The van der Waals surface area contributed by atoms with E-state index in [2.05, 4.69) is 51.5 Å². The van der Waals surface area contributed by atoms with Crippen molar-refractivity contribution >= 4 is 17.3 Å². The number of hydrogen-bond donors (Lipinski definition) is 2. The van der Waals surface area contributed by atoms with E-state index in [1.165, 1.54) is 12.1 Å². The number of H-pyrrole nitrogens is 1. The van der Waals surface area contributed by atoms with E-state index in [1.807, 2.05) is 42.5 Å². The molecule has 0 bridgehead atoms. The van der Waals surface area contributed by atoms with Gasteiger partial charge in [-0.2, -0.15) is 5.10 Å². The van der Waals surface area contributed by atoms with Gasteiger partial charge in [0.1, 0.15) is 0 Å². The molecule has 1 aliphatic heterocycles. The lowest BCUT2D eigenvalue weighted by Crippen LogP contribution is -2.31. The van der Waals surface area contributed by atoms with Crippen LogP contribution in [0, 0.1) is 0 Å². The average molecular weight is 375 g/mol. The maximum Gasteiger partial charge on any atom is 0.255 e. The smallest absolute Gasteiger partial charge is 0.255 e. The molecule has 3 aromatic rings. The molecule has 1 fully saturated rings. The van der Waals surface area contributed by atoms with Gasteiger partial charge in [-0.05, 0) is 63.0 Å². The molecular weight excluding hydrogens is 350 g/mol. The molecule has 0 saturated carbocycles. The van der Waals surface area contributed by atoms with Crippen LogP contribution < -0.4 is 10.2 Å². The molecule has 1 aromatic heterocycles. The summed E-state index contributed by atoms with van der Waals surface area (Å²) in [5, 5.41) is 9.92. The third-order valence-corrected chi connectivity index (χ3v) is 5.33. The van der Waals surface area contributed by atoms with Crippen LogP contribution in [-0.2, 0) is 0 Å². The van der Waals surface area contributed by atoms with Gasteiger partial charge >= 0.3 is 0 Å². The fraction of sp³-hybridized carbons (Fsp3) is 0.273. The number of amides is 1. The molecule has 0 aliphatic carbocycles. The Morgan fingerprint density at radius 3 is 2.46 bits per heavy atom. The summed E-state index contributed by atoms with van der Waals surface area (Å²) in [6.45, 7) is 2.11. The Morgan fingerprint density at radius 1 is 1.11 bits per heavy atom. The van der Waals surface area contributed by atoms with Crippen LogP contribution in [0.15, 0.2) is 60.8 Å². The maximum absolute atomic E-state index is 12.5. The number of likely N-dealkylation sites (N-methyl/N-ethyl adjacent to an activating group) is 1. The van der Waals surface area contributed by atoms with Crippen LogP contribution in [-0.4, -0.2) is 54.2 Å². The molecule has 1 saturated heterocycles. The van der Waals surface area contributed by atoms with Crippen LogP contribution >= 0.6 is 0 Å². The lowest BCUT2D eigenvalue weighted by molar-refractivity contribution is 0.102. The van der Waals surface area contributed by atoms with Gasteiger partial charge in [-0.25, -0.2) is 0 Å². The van der Waals surface area contributed by atoms with E-state index in [0.29, 0.717) is 11.6 Å². The highest BCUT2D eigenvalue weighted by Gasteiger charge is 2.23. The van der Waals surface area contributed by atoms with Gasteiger partial charge in [0.05, 0.1) is 5.69 Å². The SMILES string of the molecule is CN(C)C1CCN(c2ccc(NC(=O)c3ccc(-c4cc[nH]n4)cc3)cc2)C1. The van der Waals surface area contributed by atoms with Crippen molar-refractivity contribution < 1.29 is 4.79 Å². The van der Waals surface area contributed by atoms with Crippen molar-refractivity contribution in [2.24, 2.45) is 0 Å². The van der Waals surface area contributed by atoms with Gasteiger partial charge in [0.25, 0.3) is 5.91 Å². The number of nitrogens with zero attached hydrogens (tertiary/aromatic N) is 3. The number of nitrogens with one attached hydrogen (secondary N) is 2. The average Bonchev–Trinajstić information content (AvgIpc) is 3.41. The quantitative estimate of drug-likeness (QED) is 0.717. The highest BCUT2D eigenvalue weighted by molar-refractivity contribution is 6.04. The molecule has 28 heavy (non-hydrogen) atoms. The predicted octanol–water partition coefficient (Wildman–Crippen LogP) is 3.47.